The second-order valence-corrected chi connectivity index (χ2v) is 6.16. The van der Waals surface area contributed by atoms with E-state index < -0.39 is 16.3 Å². The monoisotopic (exact) mass is 329 g/mol. The molecule has 0 aliphatic carbocycles. The molecule has 0 aliphatic heterocycles. The van der Waals surface area contributed by atoms with Gasteiger partial charge < -0.3 is 8.92 Å². The molecule has 6 nitrogen and oxygen atoms in total. The Labute approximate surface area is 131 Å². The minimum atomic E-state index is -4.05. The van der Waals surface area contributed by atoms with E-state index in [4.69, 9.17) is 9.88 Å². The number of carbonyl (C=O) groups is 1. The number of esters is 1. The number of unbranched alkanes of at least 4 members (excludes halogenated alkanes) is 5. The Bertz CT molecular complexity index is 554. The summed E-state index contributed by atoms with van der Waals surface area (Å²) in [5.41, 5.74) is 0.341. The lowest BCUT2D eigenvalue weighted by molar-refractivity contribution is 0.0497. The van der Waals surface area contributed by atoms with Crippen LogP contribution in [-0.4, -0.2) is 21.0 Å². The van der Waals surface area contributed by atoms with Gasteiger partial charge >= 0.3 is 16.3 Å². The molecule has 1 rings (SSSR count). The zero-order chi connectivity index (χ0) is 16.4. The first kappa shape index (κ1) is 18.4. The normalized spacial score (nSPS) is 11.2. The van der Waals surface area contributed by atoms with Gasteiger partial charge in [0.1, 0.15) is 5.75 Å². The van der Waals surface area contributed by atoms with Gasteiger partial charge in [0.25, 0.3) is 0 Å². The Balaban J connectivity index is 2.31. The Hall–Kier alpha value is -1.60. The molecule has 22 heavy (non-hydrogen) atoms. The van der Waals surface area contributed by atoms with E-state index in [0.717, 1.165) is 19.3 Å². The van der Waals surface area contributed by atoms with Crippen molar-refractivity contribution in [3.05, 3.63) is 29.8 Å². The predicted molar refractivity (Wildman–Crippen MR) is 83.8 cm³/mol. The highest BCUT2D eigenvalue weighted by molar-refractivity contribution is 7.84. The van der Waals surface area contributed by atoms with Crippen LogP contribution in [0.3, 0.4) is 0 Å². The molecule has 0 saturated heterocycles. The van der Waals surface area contributed by atoms with Crippen LogP contribution in [0.15, 0.2) is 24.3 Å². The molecule has 0 heterocycles. The molecule has 2 N–H and O–H groups in total. The van der Waals surface area contributed by atoms with Crippen LogP contribution in [0, 0.1) is 0 Å². The maximum Gasteiger partial charge on any atom is 0.380 e. The lowest BCUT2D eigenvalue weighted by Gasteiger charge is -2.06. The van der Waals surface area contributed by atoms with E-state index in [2.05, 4.69) is 11.1 Å². The summed E-state index contributed by atoms with van der Waals surface area (Å²) in [6.07, 6.45) is 6.73. The van der Waals surface area contributed by atoms with Gasteiger partial charge in [-0.25, -0.2) is 4.79 Å². The molecule has 0 fully saturated rings. The number of carbonyl (C=O) groups excluding carboxylic acids is 1. The van der Waals surface area contributed by atoms with E-state index in [1.807, 2.05) is 0 Å². The minimum absolute atomic E-state index is 0.0509. The van der Waals surface area contributed by atoms with Crippen LogP contribution in [0.1, 0.15) is 55.8 Å². The van der Waals surface area contributed by atoms with Crippen molar-refractivity contribution in [1.82, 2.24) is 0 Å². The molecule has 0 bridgehead atoms. The topological polar surface area (TPSA) is 95.7 Å². The fraction of sp³-hybridized carbons (Fsp3) is 0.533. The van der Waals surface area contributed by atoms with Crippen molar-refractivity contribution in [1.29, 1.82) is 0 Å². The maximum atomic E-state index is 11.8. The summed E-state index contributed by atoms with van der Waals surface area (Å²) in [6, 6.07) is 5.58. The van der Waals surface area contributed by atoms with Gasteiger partial charge in [0.05, 0.1) is 12.2 Å². The van der Waals surface area contributed by atoms with E-state index in [1.54, 1.807) is 0 Å². The van der Waals surface area contributed by atoms with E-state index in [-0.39, 0.29) is 5.75 Å². The van der Waals surface area contributed by atoms with Gasteiger partial charge in [-0.1, -0.05) is 39.0 Å². The highest BCUT2D eigenvalue weighted by Crippen LogP contribution is 2.14. The Morgan fingerprint density at radius 3 is 2.23 bits per heavy atom. The molecule has 0 unspecified atom stereocenters. The number of hydrogen-bond donors (Lipinski definition) is 1. The highest BCUT2D eigenvalue weighted by Gasteiger charge is 2.09. The van der Waals surface area contributed by atoms with E-state index >= 15 is 0 Å². The molecule has 0 amide bonds. The summed E-state index contributed by atoms with van der Waals surface area (Å²) in [7, 11) is -4.05. The van der Waals surface area contributed by atoms with Gasteiger partial charge in [-0.2, -0.15) is 13.6 Å². The second kappa shape index (κ2) is 9.42. The van der Waals surface area contributed by atoms with Crippen LogP contribution in [0.2, 0.25) is 0 Å². The van der Waals surface area contributed by atoms with Crippen LogP contribution >= 0.6 is 0 Å². The van der Waals surface area contributed by atoms with Gasteiger partial charge in [0, 0.05) is 0 Å². The standard InChI is InChI=1S/C15H23NO5S/c1-2-3-4-5-6-7-12-20-15(17)13-8-10-14(11-9-13)21-22(16,18)19/h8-11H,2-7,12H2,1H3,(H2,16,18,19). The van der Waals surface area contributed by atoms with E-state index in [0.29, 0.717) is 12.2 Å². The number of ether oxygens (including phenoxy) is 1. The molecule has 0 atom stereocenters. The molecular formula is C15H23NO5S. The summed E-state index contributed by atoms with van der Waals surface area (Å²) < 4.78 is 31.1. The Kier molecular flexibility index (Phi) is 7.90. The second-order valence-electron chi connectivity index (χ2n) is 5.00. The number of nitrogens with two attached hydrogens (primary N) is 1. The first-order chi connectivity index (χ1) is 10.4. The number of hydrogen-bond acceptors (Lipinski definition) is 5. The Morgan fingerprint density at radius 1 is 1.05 bits per heavy atom. The zero-order valence-corrected chi connectivity index (χ0v) is 13.6. The average molecular weight is 329 g/mol. The summed E-state index contributed by atoms with van der Waals surface area (Å²) in [5.74, 6) is -0.384. The van der Waals surface area contributed by atoms with Gasteiger partial charge in [-0.3, -0.25) is 0 Å². The van der Waals surface area contributed by atoms with Crippen LogP contribution in [0.5, 0.6) is 5.75 Å². The molecule has 7 heteroatoms. The first-order valence-electron chi connectivity index (χ1n) is 7.42. The molecule has 0 saturated carbocycles. The molecule has 0 aromatic heterocycles. The van der Waals surface area contributed by atoms with Crippen LogP contribution in [0.25, 0.3) is 0 Å². The van der Waals surface area contributed by atoms with Crippen LogP contribution in [0.4, 0.5) is 0 Å². The summed E-state index contributed by atoms with van der Waals surface area (Å²) in [5, 5.41) is 4.75. The molecular weight excluding hydrogens is 306 g/mol. The van der Waals surface area contributed by atoms with Gasteiger partial charge in [0.2, 0.25) is 0 Å². The largest absolute Gasteiger partial charge is 0.462 e. The SMILES string of the molecule is CCCCCCCCOC(=O)c1ccc(OS(N)(=O)=O)cc1. The average Bonchev–Trinajstić information content (AvgIpc) is 2.45. The van der Waals surface area contributed by atoms with Crippen molar-refractivity contribution in [3.63, 3.8) is 0 Å². The van der Waals surface area contributed by atoms with Crippen molar-refractivity contribution < 1.29 is 22.1 Å². The summed E-state index contributed by atoms with van der Waals surface area (Å²) >= 11 is 0. The minimum Gasteiger partial charge on any atom is -0.462 e. The molecule has 1 aromatic rings. The lowest BCUT2D eigenvalue weighted by Crippen LogP contribution is -2.19. The third-order valence-corrected chi connectivity index (χ3v) is 3.46. The Morgan fingerprint density at radius 2 is 1.64 bits per heavy atom. The van der Waals surface area contributed by atoms with E-state index in [9.17, 15) is 13.2 Å². The van der Waals surface area contributed by atoms with Crippen LogP contribution in [-0.2, 0) is 15.0 Å². The van der Waals surface area contributed by atoms with E-state index in [1.165, 1.54) is 43.5 Å². The number of rotatable bonds is 10. The molecule has 1 aromatic carbocycles. The molecule has 0 aliphatic rings. The fourth-order valence-corrected chi connectivity index (χ4v) is 2.29. The van der Waals surface area contributed by atoms with Crippen LogP contribution < -0.4 is 9.32 Å². The number of benzene rings is 1. The quantitative estimate of drug-likeness (QED) is 0.526. The van der Waals surface area contributed by atoms with Gasteiger partial charge in [-0.05, 0) is 30.7 Å². The summed E-state index contributed by atoms with van der Waals surface area (Å²) in [4.78, 5) is 11.8. The summed E-state index contributed by atoms with van der Waals surface area (Å²) in [6.45, 7) is 2.56. The third kappa shape index (κ3) is 7.99. The van der Waals surface area contributed by atoms with Crippen molar-refractivity contribution in [2.75, 3.05) is 6.61 Å². The molecule has 0 spiro atoms. The van der Waals surface area contributed by atoms with Gasteiger partial charge in [-0.15, -0.1) is 0 Å². The third-order valence-electron chi connectivity index (χ3n) is 3.03. The van der Waals surface area contributed by atoms with Crippen molar-refractivity contribution in [2.45, 2.75) is 45.4 Å². The highest BCUT2D eigenvalue weighted by atomic mass is 32.2. The van der Waals surface area contributed by atoms with Crippen molar-refractivity contribution >= 4 is 16.3 Å². The fourth-order valence-electron chi connectivity index (χ4n) is 1.91. The van der Waals surface area contributed by atoms with Crippen molar-refractivity contribution in [2.24, 2.45) is 5.14 Å². The maximum absolute atomic E-state index is 11.8. The zero-order valence-electron chi connectivity index (χ0n) is 12.8. The first-order valence-corrected chi connectivity index (χ1v) is 8.89. The smallest absolute Gasteiger partial charge is 0.380 e. The molecule has 124 valence electrons. The predicted octanol–water partition coefficient (Wildman–Crippen LogP) is 2.79. The molecule has 0 radical (unpaired) electrons. The van der Waals surface area contributed by atoms with Crippen molar-refractivity contribution in [3.8, 4) is 5.75 Å². The van der Waals surface area contributed by atoms with Gasteiger partial charge in [0.15, 0.2) is 0 Å². The lowest BCUT2D eigenvalue weighted by atomic mass is 10.1.